The summed E-state index contributed by atoms with van der Waals surface area (Å²) in [6.45, 7) is 4.36. The van der Waals surface area contributed by atoms with Crippen LogP contribution in [0.3, 0.4) is 0 Å². The minimum absolute atomic E-state index is 0.0880. The van der Waals surface area contributed by atoms with Crippen molar-refractivity contribution < 1.29 is 14.7 Å². The third-order valence-electron chi connectivity index (χ3n) is 4.49. The zero-order chi connectivity index (χ0) is 15.5. The molecule has 0 radical (unpaired) electrons. The van der Waals surface area contributed by atoms with Gasteiger partial charge in [0.2, 0.25) is 11.8 Å². The second kappa shape index (κ2) is 6.39. The molecule has 1 aromatic rings. The molecule has 2 rings (SSSR count). The van der Waals surface area contributed by atoms with Gasteiger partial charge in [-0.2, -0.15) is 0 Å². The third kappa shape index (κ3) is 3.00. The van der Waals surface area contributed by atoms with E-state index in [0.717, 1.165) is 12.0 Å². The Morgan fingerprint density at radius 3 is 2.52 bits per heavy atom. The molecule has 114 valence electrons. The van der Waals surface area contributed by atoms with E-state index in [1.165, 1.54) is 4.90 Å². The lowest BCUT2D eigenvalue weighted by Gasteiger charge is -2.25. The van der Waals surface area contributed by atoms with Crippen molar-refractivity contribution in [3.63, 3.8) is 0 Å². The number of aliphatic hydroxyl groups excluding tert-OH is 1. The van der Waals surface area contributed by atoms with Gasteiger partial charge in [0.25, 0.3) is 0 Å². The lowest BCUT2D eigenvalue weighted by atomic mass is 9.81. The standard InChI is InChI=1S/C17H23NO3/c1-3-13(9-10-19)12-18-15(20)11-17(2,16(18)21)14-7-5-4-6-8-14/h4-8,13,19H,3,9-12H2,1-2H3. The van der Waals surface area contributed by atoms with Crippen molar-refractivity contribution in [2.75, 3.05) is 13.2 Å². The van der Waals surface area contributed by atoms with Gasteiger partial charge in [0.1, 0.15) is 0 Å². The van der Waals surface area contributed by atoms with E-state index in [1.54, 1.807) is 0 Å². The van der Waals surface area contributed by atoms with Crippen LogP contribution in [0.1, 0.15) is 38.7 Å². The number of imide groups is 1. The zero-order valence-corrected chi connectivity index (χ0v) is 12.7. The summed E-state index contributed by atoms with van der Waals surface area (Å²) < 4.78 is 0. The summed E-state index contributed by atoms with van der Waals surface area (Å²) in [5.74, 6) is -0.0566. The molecule has 0 aromatic heterocycles. The van der Waals surface area contributed by atoms with Crippen LogP contribution in [-0.2, 0) is 15.0 Å². The number of rotatable bonds is 6. The maximum atomic E-state index is 12.7. The number of nitrogens with zero attached hydrogens (tertiary/aromatic N) is 1. The molecule has 1 aromatic carbocycles. The normalized spacial score (nSPS) is 23.7. The van der Waals surface area contributed by atoms with Crippen LogP contribution in [0.4, 0.5) is 0 Å². The van der Waals surface area contributed by atoms with Crippen molar-refractivity contribution in [2.24, 2.45) is 5.92 Å². The fraction of sp³-hybridized carbons (Fsp3) is 0.529. The monoisotopic (exact) mass is 289 g/mol. The highest BCUT2D eigenvalue weighted by Crippen LogP contribution is 2.36. The van der Waals surface area contributed by atoms with Gasteiger partial charge >= 0.3 is 0 Å². The van der Waals surface area contributed by atoms with E-state index in [0.29, 0.717) is 13.0 Å². The summed E-state index contributed by atoms with van der Waals surface area (Å²) in [6.07, 6.45) is 1.70. The number of benzene rings is 1. The quantitative estimate of drug-likeness (QED) is 0.816. The van der Waals surface area contributed by atoms with Gasteiger partial charge in [-0.25, -0.2) is 0 Å². The SMILES string of the molecule is CCC(CCO)CN1C(=O)CC(C)(c2ccccc2)C1=O. The summed E-state index contributed by atoms with van der Waals surface area (Å²) in [4.78, 5) is 26.4. The van der Waals surface area contributed by atoms with E-state index in [-0.39, 0.29) is 30.8 Å². The van der Waals surface area contributed by atoms with Gasteiger partial charge in [-0.3, -0.25) is 14.5 Å². The second-order valence-corrected chi connectivity index (χ2v) is 5.97. The second-order valence-electron chi connectivity index (χ2n) is 5.97. The molecule has 1 heterocycles. The van der Waals surface area contributed by atoms with Crippen LogP contribution in [0.5, 0.6) is 0 Å². The molecular formula is C17H23NO3. The fourth-order valence-corrected chi connectivity index (χ4v) is 2.97. The van der Waals surface area contributed by atoms with Gasteiger partial charge in [-0.05, 0) is 24.8 Å². The Morgan fingerprint density at radius 1 is 1.29 bits per heavy atom. The van der Waals surface area contributed by atoms with Crippen molar-refractivity contribution in [1.82, 2.24) is 4.90 Å². The Hall–Kier alpha value is -1.68. The molecule has 1 saturated heterocycles. The minimum atomic E-state index is -0.754. The van der Waals surface area contributed by atoms with E-state index < -0.39 is 5.41 Å². The van der Waals surface area contributed by atoms with Crippen molar-refractivity contribution >= 4 is 11.8 Å². The Kier molecular flexibility index (Phi) is 4.78. The fourth-order valence-electron chi connectivity index (χ4n) is 2.97. The number of hydrogen-bond donors (Lipinski definition) is 1. The first kappa shape index (κ1) is 15.7. The van der Waals surface area contributed by atoms with Crippen molar-refractivity contribution in [2.45, 2.75) is 38.5 Å². The number of aliphatic hydroxyl groups is 1. The van der Waals surface area contributed by atoms with Crippen LogP contribution < -0.4 is 0 Å². The van der Waals surface area contributed by atoms with Crippen molar-refractivity contribution in [3.05, 3.63) is 35.9 Å². The summed E-state index contributed by atoms with van der Waals surface area (Å²) in [5, 5.41) is 9.07. The highest BCUT2D eigenvalue weighted by atomic mass is 16.3. The molecule has 1 fully saturated rings. The predicted molar refractivity (Wildman–Crippen MR) is 80.6 cm³/mol. The highest BCUT2D eigenvalue weighted by Gasteiger charge is 2.49. The van der Waals surface area contributed by atoms with Crippen LogP contribution in [0.15, 0.2) is 30.3 Å². The Balaban J connectivity index is 2.20. The molecule has 0 aliphatic carbocycles. The number of amides is 2. The maximum absolute atomic E-state index is 12.7. The van der Waals surface area contributed by atoms with E-state index >= 15 is 0 Å². The topological polar surface area (TPSA) is 57.6 Å². The summed E-state index contributed by atoms with van der Waals surface area (Å²) in [5.41, 5.74) is 0.136. The van der Waals surface area contributed by atoms with Crippen LogP contribution in [0.25, 0.3) is 0 Å². The smallest absolute Gasteiger partial charge is 0.240 e. The van der Waals surface area contributed by atoms with Crippen molar-refractivity contribution in [1.29, 1.82) is 0 Å². The van der Waals surface area contributed by atoms with Crippen molar-refractivity contribution in [3.8, 4) is 0 Å². The average Bonchev–Trinajstić information content (AvgIpc) is 2.72. The third-order valence-corrected chi connectivity index (χ3v) is 4.49. The molecule has 1 aliphatic heterocycles. The Bertz CT molecular complexity index is 514. The molecule has 1 N–H and O–H groups in total. The molecule has 1 aliphatic rings. The minimum Gasteiger partial charge on any atom is -0.396 e. The Morgan fingerprint density at radius 2 is 1.95 bits per heavy atom. The van der Waals surface area contributed by atoms with E-state index in [2.05, 4.69) is 0 Å². The molecule has 21 heavy (non-hydrogen) atoms. The van der Waals surface area contributed by atoms with Gasteiger partial charge in [-0.15, -0.1) is 0 Å². The largest absolute Gasteiger partial charge is 0.396 e. The van der Waals surface area contributed by atoms with Crippen LogP contribution in [0.2, 0.25) is 0 Å². The van der Waals surface area contributed by atoms with E-state index in [4.69, 9.17) is 5.11 Å². The van der Waals surface area contributed by atoms with Gasteiger partial charge in [0.15, 0.2) is 0 Å². The van der Waals surface area contributed by atoms with E-state index in [9.17, 15) is 9.59 Å². The molecular weight excluding hydrogens is 266 g/mol. The first-order valence-electron chi connectivity index (χ1n) is 7.54. The lowest BCUT2D eigenvalue weighted by molar-refractivity contribution is -0.140. The first-order valence-corrected chi connectivity index (χ1v) is 7.54. The Labute approximate surface area is 125 Å². The van der Waals surface area contributed by atoms with Gasteiger partial charge in [0.05, 0.1) is 5.41 Å². The molecule has 2 unspecified atom stereocenters. The molecule has 0 spiro atoms. The van der Waals surface area contributed by atoms with Crippen LogP contribution >= 0.6 is 0 Å². The number of carbonyl (C=O) groups is 2. The summed E-state index contributed by atoms with van der Waals surface area (Å²) in [6, 6.07) is 9.49. The number of hydrogen-bond acceptors (Lipinski definition) is 3. The van der Waals surface area contributed by atoms with Gasteiger partial charge in [0, 0.05) is 19.6 Å². The number of carbonyl (C=O) groups excluding carboxylic acids is 2. The first-order chi connectivity index (χ1) is 10.0. The van der Waals surface area contributed by atoms with Crippen LogP contribution in [0, 0.1) is 5.92 Å². The summed E-state index contributed by atoms with van der Waals surface area (Å²) in [7, 11) is 0. The molecule has 4 nitrogen and oxygen atoms in total. The van der Waals surface area contributed by atoms with Crippen LogP contribution in [-0.4, -0.2) is 35.0 Å². The highest BCUT2D eigenvalue weighted by molar-refractivity contribution is 6.08. The predicted octanol–water partition coefficient (Wildman–Crippen LogP) is 2.11. The average molecular weight is 289 g/mol. The van der Waals surface area contributed by atoms with E-state index in [1.807, 2.05) is 44.2 Å². The molecule has 4 heteroatoms. The maximum Gasteiger partial charge on any atom is 0.240 e. The summed E-state index contributed by atoms with van der Waals surface area (Å²) >= 11 is 0. The lowest BCUT2D eigenvalue weighted by Crippen LogP contribution is -2.39. The molecule has 0 bridgehead atoms. The zero-order valence-electron chi connectivity index (χ0n) is 12.7. The number of likely N-dealkylation sites (tertiary alicyclic amines) is 1. The molecule has 2 atom stereocenters. The van der Waals surface area contributed by atoms with Gasteiger partial charge < -0.3 is 5.11 Å². The molecule has 2 amide bonds. The molecule has 0 saturated carbocycles. The van der Waals surface area contributed by atoms with Gasteiger partial charge in [-0.1, -0.05) is 43.7 Å².